The zero-order valence-electron chi connectivity index (χ0n) is 15.4. The Morgan fingerprint density at radius 1 is 1.17 bits per heavy atom. The van der Waals surface area contributed by atoms with Crippen molar-refractivity contribution in [1.82, 2.24) is 14.7 Å². The van der Waals surface area contributed by atoms with Crippen LogP contribution in [0.3, 0.4) is 0 Å². The maximum absolute atomic E-state index is 5.56. The first-order valence-corrected chi connectivity index (χ1v) is 9.95. The molecule has 0 saturated carbocycles. The molecule has 0 aliphatic carbocycles. The Balaban J connectivity index is 1.40. The lowest BCUT2D eigenvalue weighted by Crippen LogP contribution is -2.50. The van der Waals surface area contributed by atoms with E-state index in [9.17, 15) is 0 Å². The first kappa shape index (κ1) is 16.6. The molecule has 1 aromatic rings. The minimum Gasteiger partial charge on any atom is -0.468 e. The van der Waals surface area contributed by atoms with Crippen LogP contribution in [0.2, 0.25) is 0 Å². The highest BCUT2D eigenvalue weighted by Gasteiger charge is 2.45. The van der Waals surface area contributed by atoms with Gasteiger partial charge in [0.05, 0.1) is 12.8 Å². The van der Waals surface area contributed by atoms with E-state index in [0.29, 0.717) is 6.04 Å². The second-order valence-electron chi connectivity index (χ2n) is 8.37. The van der Waals surface area contributed by atoms with E-state index in [-0.39, 0.29) is 0 Å². The molecular formula is C20H33N3O. The zero-order valence-corrected chi connectivity index (χ0v) is 15.4. The van der Waals surface area contributed by atoms with E-state index in [1.54, 1.807) is 6.26 Å². The van der Waals surface area contributed by atoms with Gasteiger partial charge in [0, 0.05) is 37.8 Å². The molecule has 4 nitrogen and oxygen atoms in total. The van der Waals surface area contributed by atoms with Crippen LogP contribution in [0, 0.1) is 5.92 Å². The fourth-order valence-corrected chi connectivity index (χ4v) is 5.46. The summed E-state index contributed by atoms with van der Waals surface area (Å²) in [4.78, 5) is 8.18. The van der Waals surface area contributed by atoms with E-state index in [2.05, 4.69) is 34.6 Å². The molecule has 3 atom stereocenters. The molecule has 134 valence electrons. The lowest BCUT2D eigenvalue weighted by Gasteiger charge is -2.40. The summed E-state index contributed by atoms with van der Waals surface area (Å²) in [5, 5.41) is 0. The smallest absolute Gasteiger partial charge is 0.117 e. The molecule has 3 aliphatic heterocycles. The van der Waals surface area contributed by atoms with Crippen LogP contribution in [-0.4, -0.2) is 65.5 Å². The standard InChI is InChI=1S/C20H33N3O/c1-16(2)23-18(14-21-8-3-4-9-21)12-17-13-22(10-7-20(17)23)15-19-6-5-11-24-19/h5-6,11,16-18,20H,3-4,7-10,12-15H2,1-2H3/t17-,18-,20+/m0/s1. The Morgan fingerprint density at radius 3 is 2.71 bits per heavy atom. The summed E-state index contributed by atoms with van der Waals surface area (Å²) in [6, 6.07) is 6.35. The minimum atomic E-state index is 0.671. The highest BCUT2D eigenvalue weighted by Crippen LogP contribution is 2.38. The predicted octanol–water partition coefficient (Wildman–Crippen LogP) is 3.05. The second-order valence-corrected chi connectivity index (χ2v) is 8.37. The lowest BCUT2D eigenvalue weighted by molar-refractivity contribution is 0.0660. The fourth-order valence-electron chi connectivity index (χ4n) is 5.46. The summed E-state index contributed by atoms with van der Waals surface area (Å²) < 4.78 is 5.56. The summed E-state index contributed by atoms with van der Waals surface area (Å²) in [5.74, 6) is 1.95. The van der Waals surface area contributed by atoms with Gasteiger partial charge in [-0.1, -0.05) is 0 Å². The van der Waals surface area contributed by atoms with Gasteiger partial charge < -0.3 is 9.32 Å². The first-order chi connectivity index (χ1) is 11.7. The average Bonchev–Trinajstić information content (AvgIpc) is 3.27. The third kappa shape index (κ3) is 3.42. The molecule has 4 heteroatoms. The highest BCUT2D eigenvalue weighted by molar-refractivity contribution is 5.03. The van der Waals surface area contributed by atoms with Gasteiger partial charge in [-0.3, -0.25) is 9.80 Å². The molecule has 0 N–H and O–H groups in total. The number of nitrogens with zero attached hydrogens (tertiary/aromatic N) is 3. The average molecular weight is 332 g/mol. The molecule has 4 heterocycles. The van der Waals surface area contributed by atoms with E-state index in [1.807, 2.05) is 6.07 Å². The molecule has 0 aromatic carbocycles. The van der Waals surface area contributed by atoms with Crippen LogP contribution in [0.1, 0.15) is 45.3 Å². The fraction of sp³-hybridized carbons (Fsp3) is 0.800. The lowest BCUT2D eigenvalue weighted by atomic mass is 9.91. The van der Waals surface area contributed by atoms with Crippen LogP contribution in [0.5, 0.6) is 0 Å². The van der Waals surface area contributed by atoms with Gasteiger partial charge in [-0.2, -0.15) is 0 Å². The first-order valence-electron chi connectivity index (χ1n) is 9.95. The van der Waals surface area contributed by atoms with Crippen molar-refractivity contribution in [2.45, 2.75) is 64.2 Å². The van der Waals surface area contributed by atoms with Crippen molar-refractivity contribution >= 4 is 0 Å². The van der Waals surface area contributed by atoms with Crippen molar-refractivity contribution in [2.24, 2.45) is 5.92 Å². The molecule has 0 radical (unpaired) electrons. The Bertz CT molecular complexity index is 509. The maximum atomic E-state index is 5.56. The SMILES string of the molecule is CC(C)N1[C@H](CN2CCCC2)C[C@H]2CN(Cc3ccco3)CC[C@H]21. The number of hydrogen-bond donors (Lipinski definition) is 0. The molecule has 0 spiro atoms. The molecule has 3 saturated heterocycles. The quantitative estimate of drug-likeness (QED) is 0.827. The van der Waals surface area contributed by atoms with Crippen LogP contribution in [0.15, 0.2) is 22.8 Å². The third-order valence-electron chi connectivity index (χ3n) is 6.38. The van der Waals surface area contributed by atoms with Crippen molar-refractivity contribution in [2.75, 3.05) is 32.7 Å². The normalized spacial score (nSPS) is 32.7. The van der Waals surface area contributed by atoms with Crippen molar-refractivity contribution in [3.8, 4) is 0 Å². The van der Waals surface area contributed by atoms with Gasteiger partial charge in [-0.15, -0.1) is 0 Å². The van der Waals surface area contributed by atoms with E-state index >= 15 is 0 Å². The van der Waals surface area contributed by atoms with Crippen LogP contribution in [0.4, 0.5) is 0 Å². The van der Waals surface area contributed by atoms with Gasteiger partial charge in [-0.05, 0) is 70.7 Å². The summed E-state index contributed by atoms with van der Waals surface area (Å²) in [6.45, 7) is 12.2. The predicted molar refractivity (Wildman–Crippen MR) is 96.9 cm³/mol. The van der Waals surface area contributed by atoms with Crippen molar-refractivity contribution in [1.29, 1.82) is 0 Å². The maximum Gasteiger partial charge on any atom is 0.117 e. The topological polar surface area (TPSA) is 22.9 Å². The van der Waals surface area contributed by atoms with Crippen LogP contribution < -0.4 is 0 Å². The number of hydrogen-bond acceptors (Lipinski definition) is 4. The molecule has 0 bridgehead atoms. The third-order valence-corrected chi connectivity index (χ3v) is 6.38. The van der Waals surface area contributed by atoms with Gasteiger partial charge >= 0.3 is 0 Å². The number of piperidine rings is 1. The summed E-state index contributed by atoms with van der Waals surface area (Å²) in [6.07, 6.45) is 7.30. The summed E-state index contributed by atoms with van der Waals surface area (Å²) in [5.41, 5.74) is 0. The second kappa shape index (κ2) is 7.19. The van der Waals surface area contributed by atoms with E-state index in [0.717, 1.165) is 30.3 Å². The Morgan fingerprint density at radius 2 is 2.00 bits per heavy atom. The van der Waals surface area contributed by atoms with E-state index in [4.69, 9.17) is 4.42 Å². The monoisotopic (exact) mass is 331 g/mol. The van der Waals surface area contributed by atoms with Gasteiger partial charge in [-0.25, -0.2) is 0 Å². The largest absolute Gasteiger partial charge is 0.468 e. The Hall–Kier alpha value is -0.840. The molecule has 3 aliphatic rings. The van der Waals surface area contributed by atoms with Crippen LogP contribution >= 0.6 is 0 Å². The zero-order chi connectivity index (χ0) is 16.5. The van der Waals surface area contributed by atoms with Crippen molar-refractivity contribution in [3.63, 3.8) is 0 Å². The van der Waals surface area contributed by atoms with Gasteiger partial charge in [0.1, 0.15) is 5.76 Å². The molecule has 0 unspecified atom stereocenters. The summed E-state index contributed by atoms with van der Waals surface area (Å²) in [7, 11) is 0. The number of likely N-dealkylation sites (tertiary alicyclic amines) is 3. The van der Waals surface area contributed by atoms with Crippen molar-refractivity contribution < 1.29 is 4.42 Å². The molecule has 4 rings (SSSR count). The van der Waals surface area contributed by atoms with E-state index in [1.165, 1.54) is 58.4 Å². The minimum absolute atomic E-state index is 0.671. The van der Waals surface area contributed by atoms with Crippen LogP contribution in [0.25, 0.3) is 0 Å². The number of rotatable bonds is 5. The van der Waals surface area contributed by atoms with Gasteiger partial charge in [0.25, 0.3) is 0 Å². The molecule has 0 amide bonds. The molecule has 1 aromatic heterocycles. The Labute approximate surface area is 146 Å². The van der Waals surface area contributed by atoms with Crippen LogP contribution in [-0.2, 0) is 6.54 Å². The summed E-state index contributed by atoms with van der Waals surface area (Å²) >= 11 is 0. The van der Waals surface area contributed by atoms with Crippen molar-refractivity contribution in [3.05, 3.63) is 24.2 Å². The van der Waals surface area contributed by atoms with Gasteiger partial charge in [0.2, 0.25) is 0 Å². The number of furan rings is 1. The Kier molecular flexibility index (Phi) is 4.98. The highest BCUT2D eigenvalue weighted by atomic mass is 16.3. The molecule has 3 fully saturated rings. The number of fused-ring (bicyclic) bond motifs is 1. The molecular weight excluding hydrogens is 298 g/mol. The van der Waals surface area contributed by atoms with E-state index < -0.39 is 0 Å². The molecule has 24 heavy (non-hydrogen) atoms. The van der Waals surface area contributed by atoms with Gasteiger partial charge in [0.15, 0.2) is 0 Å².